The fraction of sp³-hybridized carbons (Fsp3) is 0.462. The number of rotatable bonds is 4. The number of carbonyl (C=O) groups is 1. The molecule has 1 amide bonds. The number of nitrogens with zero attached hydrogens (tertiary/aromatic N) is 1. The van der Waals surface area contributed by atoms with Crippen molar-refractivity contribution in [2.45, 2.75) is 22.7 Å². The number of amides is 1. The Labute approximate surface area is 118 Å². The van der Waals surface area contributed by atoms with Crippen LogP contribution in [0, 0.1) is 0 Å². The molecule has 1 aromatic rings. The van der Waals surface area contributed by atoms with Gasteiger partial charge in [0.25, 0.3) is 0 Å². The first-order valence-corrected chi connectivity index (χ1v) is 6.99. The predicted octanol–water partition coefficient (Wildman–Crippen LogP) is 2.09. The highest BCUT2D eigenvalue weighted by Crippen LogP contribution is 2.37. The van der Waals surface area contributed by atoms with Crippen molar-refractivity contribution >= 4 is 17.7 Å². The first-order valence-electron chi connectivity index (χ1n) is 6.11. The van der Waals surface area contributed by atoms with Gasteiger partial charge < -0.3 is 10.0 Å². The minimum absolute atomic E-state index is 0.300. The molecule has 110 valence electrons. The molecule has 1 N–H and O–H groups in total. The van der Waals surface area contributed by atoms with Crippen LogP contribution in [0.1, 0.15) is 5.56 Å². The molecule has 2 rings (SSSR count). The fourth-order valence-electron chi connectivity index (χ4n) is 2.13. The van der Waals surface area contributed by atoms with Crippen molar-refractivity contribution in [2.75, 3.05) is 19.7 Å². The third-order valence-corrected chi connectivity index (χ3v) is 4.28. The molecule has 0 saturated heterocycles. The zero-order chi connectivity index (χ0) is 14.8. The first-order chi connectivity index (χ1) is 9.40. The van der Waals surface area contributed by atoms with E-state index in [9.17, 15) is 18.0 Å². The summed E-state index contributed by atoms with van der Waals surface area (Å²) < 4.78 is 37.4. The zero-order valence-electron chi connectivity index (χ0n) is 10.6. The molecule has 1 atom stereocenters. The fourth-order valence-corrected chi connectivity index (χ4v) is 3.41. The zero-order valence-corrected chi connectivity index (χ0v) is 11.4. The molecule has 3 nitrogen and oxygen atoms in total. The number of aliphatic hydroxyl groups excluding tert-OH is 1. The van der Waals surface area contributed by atoms with E-state index < -0.39 is 30.5 Å². The van der Waals surface area contributed by atoms with Crippen molar-refractivity contribution in [2.24, 2.45) is 0 Å². The van der Waals surface area contributed by atoms with Crippen LogP contribution in [0.4, 0.5) is 13.2 Å². The molecular weight excluding hydrogens is 291 g/mol. The van der Waals surface area contributed by atoms with Gasteiger partial charge >= 0.3 is 6.18 Å². The first kappa shape index (κ1) is 15.2. The van der Waals surface area contributed by atoms with Crippen LogP contribution < -0.4 is 0 Å². The molecule has 1 aliphatic rings. The van der Waals surface area contributed by atoms with E-state index in [2.05, 4.69) is 0 Å². The second-order valence-corrected chi connectivity index (χ2v) is 5.76. The Morgan fingerprint density at radius 1 is 1.40 bits per heavy atom. The molecule has 1 unspecified atom stereocenters. The average molecular weight is 305 g/mol. The van der Waals surface area contributed by atoms with Crippen LogP contribution in [0.5, 0.6) is 0 Å². The van der Waals surface area contributed by atoms with Crippen LogP contribution in [0.25, 0.3) is 0 Å². The lowest BCUT2D eigenvalue weighted by atomic mass is 10.1. The highest BCUT2D eigenvalue weighted by Gasteiger charge is 2.37. The maximum absolute atomic E-state index is 12.5. The lowest BCUT2D eigenvalue weighted by molar-refractivity contribution is -0.161. The Kier molecular flexibility index (Phi) is 4.59. The molecule has 0 spiro atoms. The summed E-state index contributed by atoms with van der Waals surface area (Å²) in [5.74, 6) is -0.572. The number of benzene rings is 1. The standard InChI is InChI=1S/C13H14F3NO2S/c14-13(15,16)8-17(5-6-18)12(19)11-7-9-3-1-2-4-10(9)20-11/h1-4,11,18H,5-8H2. The number of alkyl halides is 3. The molecule has 20 heavy (non-hydrogen) atoms. The van der Waals surface area contributed by atoms with E-state index >= 15 is 0 Å². The molecule has 0 aromatic heterocycles. The SMILES string of the molecule is O=C(C1Cc2ccccc2S1)N(CCO)CC(F)(F)F. The van der Waals surface area contributed by atoms with Gasteiger partial charge in [-0.2, -0.15) is 13.2 Å². The smallest absolute Gasteiger partial charge is 0.395 e. The topological polar surface area (TPSA) is 40.5 Å². The normalized spacial score (nSPS) is 17.9. The second kappa shape index (κ2) is 6.05. The van der Waals surface area contributed by atoms with Crippen LogP contribution in [0.2, 0.25) is 0 Å². The maximum Gasteiger partial charge on any atom is 0.406 e. The summed E-state index contributed by atoms with van der Waals surface area (Å²) in [7, 11) is 0. The van der Waals surface area contributed by atoms with Gasteiger partial charge in [-0.25, -0.2) is 0 Å². The summed E-state index contributed by atoms with van der Waals surface area (Å²) in [6.45, 7) is -2.10. The summed E-state index contributed by atoms with van der Waals surface area (Å²) in [6, 6.07) is 7.40. The van der Waals surface area contributed by atoms with Gasteiger partial charge in [-0.15, -0.1) is 11.8 Å². The van der Waals surface area contributed by atoms with Gasteiger partial charge in [0.1, 0.15) is 6.54 Å². The summed E-state index contributed by atoms with van der Waals surface area (Å²) >= 11 is 1.28. The lowest BCUT2D eigenvalue weighted by Gasteiger charge is -2.25. The van der Waals surface area contributed by atoms with Crippen LogP contribution in [-0.4, -0.2) is 47.0 Å². The minimum Gasteiger partial charge on any atom is -0.395 e. The molecule has 1 aromatic carbocycles. The lowest BCUT2D eigenvalue weighted by Crippen LogP contribution is -2.44. The monoisotopic (exact) mass is 305 g/mol. The number of fused-ring (bicyclic) bond motifs is 1. The van der Waals surface area contributed by atoms with E-state index in [1.807, 2.05) is 24.3 Å². The van der Waals surface area contributed by atoms with E-state index in [0.29, 0.717) is 11.3 Å². The Morgan fingerprint density at radius 2 is 2.10 bits per heavy atom. The van der Waals surface area contributed by atoms with Gasteiger partial charge in [0.2, 0.25) is 5.91 Å². The molecule has 0 fully saturated rings. The summed E-state index contributed by atoms with van der Waals surface area (Å²) in [4.78, 5) is 13.8. The van der Waals surface area contributed by atoms with Gasteiger partial charge in [-0.3, -0.25) is 4.79 Å². The summed E-state index contributed by atoms with van der Waals surface area (Å²) in [6.07, 6.45) is -4.03. The summed E-state index contributed by atoms with van der Waals surface area (Å²) in [5.41, 5.74) is 0.979. The van der Waals surface area contributed by atoms with E-state index in [1.54, 1.807) is 0 Å². The Balaban J connectivity index is 2.06. The van der Waals surface area contributed by atoms with Crippen molar-refractivity contribution in [3.63, 3.8) is 0 Å². The Morgan fingerprint density at radius 3 is 2.70 bits per heavy atom. The third kappa shape index (κ3) is 3.67. The Hall–Kier alpha value is -1.21. The largest absolute Gasteiger partial charge is 0.406 e. The molecule has 1 aliphatic heterocycles. The molecule has 7 heteroatoms. The number of hydrogen-bond acceptors (Lipinski definition) is 3. The number of carbonyl (C=O) groups excluding carboxylic acids is 1. The van der Waals surface area contributed by atoms with Crippen molar-refractivity contribution in [1.82, 2.24) is 4.90 Å². The Bertz CT molecular complexity index is 468. The predicted molar refractivity (Wildman–Crippen MR) is 69.5 cm³/mol. The van der Waals surface area contributed by atoms with Crippen LogP contribution >= 0.6 is 11.8 Å². The van der Waals surface area contributed by atoms with Crippen LogP contribution in [-0.2, 0) is 11.2 Å². The molecule has 0 saturated carbocycles. The average Bonchev–Trinajstić information content (AvgIpc) is 2.79. The van der Waals surface area contributed by atoms with Crippen molar-refractivity contribution in [3.8, 4) is 0 Å². The van der Waals surface area contributed by atoms with Gasteiger partial charge in [0.15, 0.2) is 0 Å². The number of thioether (sulfide) groups is 1. The van der Waals surface area contributed by atoms with Crippen LogP contribution in [0.15, 0.2) is 29.2 Å². The summed E-state index contributed by atoms with van der Waals surface area (Å²) in [5, 5.41) is 8.29. The highest BCUT2D eigenvalue weighted by atomic mass is 32.2. The van der Waals surface area contributed by atoms with E-state index in [0.717, 1.165) is 10.5 Å². The molecule has 0 aliphatic carbocycles. The van der Waals surface area contributed by atoms with Crippen molar-refractivity contribution in [3.05, 3.63) is 29.8 Å². The number of hydrogen-bond donors (Lipinski definition) is 1. The molecule has 0 radical (unpaired) electrons. The van der Waals surface area contributed by atoms with Gasteiger partial charge in [0.05, 0.1) is 11.9 Å². The quantitative estimate of drug-likeness (QED) is 0.926. The van der Waals surface area contributed by atoms with Gasteiger partial charge in [-0.05, 0) is 18.1 Å². The molecule has 1 heterocycles. The number of halogens is 3. The highest BCUT2D eigenvalue weighted by molar-refractivity contribution is 8.01. The number of aliphatic hydroxyl groups is 1. The van der Waals surface area contributed by atoms with E-state index in [1.165, 1.54) is 11.8 Å². The maximum atomic E-state index is 12.5. The second-order valence-electron chi connectivity index (χ2n) is 4.52. The minimum atomic E-state index is -4.46. The third-order valence-electron chi connectivity index (χ3n) is 2.97. The van der Waals surface area contributed by atoms with Crippen LogP contribution in [0.3, 0.4) is 0 Å². The van der Waals surface area contributed by atoms with Gasteiger partial charge in [0, 0.05) is 11.4 Å². The molecule has 0 bridgehead atoms. The molecular formula is C13H14F3NO2S. The van der Waals surface area contributed by atoms with Gasteiger partial charge in [-0.1, -0.05) is 18.2 Å². The van der Waals surface area contributed by atoms with Crippen molar-refractivity contribution < 1.29 is 23.1 Å². The van der Waals surface area contributed by atoms with Crippen molar-refractivity contribution in [1.29, 1.82) is 0 Å². The van der Waals surface area contributed by atoms with E-state index in [-0.39, 0.29) is 6.54 Å². The van der Waals surface area contributed by atoms with E-state index in [4.69, 9.17) is 5.11 Å².